The Hall–Kier alpha value is -3.09. The number of nitrogens with one attached hydrogen (secondary N) is 2. The van der Waals surface area contributed by atoms with Crippen molar-refractivity contribution in [2.75, 3.05) is 11.0 Å². The number of anilines is 1. The molecule has 9 heteroatoms. The third-order valence-electron chi connectivity index (χ3n) is 3.96. The van der Waals surface area contributed by atoms with Crippen LogP contribution in [0.2, 0.25) is 0 Å². The minimum Gasteiger partial charge on any atom is -0.300 e. The summed E-state index contributed by atoms with van der Waals surface area (Å²) in [6.45, 7) is 1.87. The molecule has 3 aromatic rings. The number of para-hydroxylation sites is 1. The zero-order valence-corrected chi connectivity index (χ0v) is 16.7. The number of aromatic amines is 1. The zero-order chi connectivity index (χ0) is 20.3. The maximum atomic E-state index is 12.8. The first-order valence-corrected chi connectivity index (χ1v) is 10.8. The molecular weight excluding hydrogens is 396 g/mol. The fraction of sp³-hybridized carbons (Fsp3) is 0.105. The summed E-state index contributed by atoms with van der Waals surface area (Å²) < 4.78 is 28.1. The van der Waals surface area contributed by atoms with Crippen LogP contribution in [-0.2, 0) is 10.0 Å². The lowest BCUT2D eigenvalue weighted by atomic mass is 10.1. The van der Waals surface area contributed by atoms with Gasteiger partial charge in [-0.15, -0.1) is 0 Å². The number of hydrogen-bond donors (Lipinski definition) is 2. The lowest BCUT2D eigenvalue weighted by molar-refractivity contribution is 0.601. The molecule has 0 saturated carbocycles. The number of hydrogen-bond acceptors (Lipinski definition) is 6. The summed E-state index contributed by atoms with van der Waals surface area (Å²) in [6, 6.07) is 14.8. The van der Waals surface area contributed by atoms with E-state index in [2.05, 4.69) is 14.7 Å². The van der Waals surface area contributed by atoms with Crippen LogP contribution in [0, 0.1) is 18.3 Å². The molecule has 3 rings (SSSR count). The number of rotatable bonds is 5. The van der Waals surface area contributed by atoms with E-state index in [0.717, 1.165) is 5.56 Å². The second-order valence-electron chi connectivity index (χ2n) is 5.87. The number of nitriles is 1. The number of H-pyrrole nitrogens is 1. The fourth-order valence-corrected chi connectivity index (χ4v) is 4.00. The normalized spacial score (nSPS) is 11.0. The quantitative estimate of drug-likeness (QED) is 0.491. The molecule has 7 nitrogen and oxygen atoms in total. The molecule has 0 bridgehead atoms. The van der Waals surface area contributed by atoms with Crippen LogP contribution in [0.1, 0.15) is 11.1 Å². The smallest absolute Gasteiger partial charge is 0.270 e. The predicted octanol–water partition coefficient (Wildman–Crippen LogP) is 3.14. The largest absolute Gasteiger partial charge is 0.300 e. The molecule has 0 aliphatic rings. The van der Waals surface area contributed by atoms with E-state index in [1.54, 1.807) is 42.7 Å². The summed E-state index contributed by atoms with van der Waals surface area (Å²) in [5, 5.41) is 9.73. The lowest BCUT2D eigenvalue weighted by Crippen LogP contribution is -2.17. The van der Waals surface area contributed by atoms with Gasteiger partial charge in [0.25, 0.3) is 15.6 Å². The van der Waals surface area contributed by atoms with E-state index in [-0.39, 0.29) is 21.8 Å². The average Bonchev–Trinajstić information content (AvgIpc) is 2.68. The van der Waals surface area contributed by atoms with Gasteiger partial charge in [-0.3, -0.25) is 9.52 Å². The Morgan fingerprint density at radius 1 is 1.14 bits per heavy atom. The molecule has 142 valence electrons. The first kappa shape index (κ1) is 19.7. The summed E-state index contributed by atoms with van der Waals surface area (Å²) >= 11 is 1.21. The summed E-state index contributed by atoms with van der Waals surface area (Å²) in [7, 11) is -3.86. The fourth-order valence-electron chi connectivity index (χ4n) is 2.55. The molecular formula is C19H16N4O3S2. The van der Waals surface area contributed by atoms with Crippen LogP contribution >= 0.6 is 11.8 Å². The van der Waals surface area contributed by atoms with Crippen LogP contribution in [0.15, 0.2) is 63.4 Å². The van der Waals surface area contributed by atoms with E-state index < -0.39 is 15.6 Å². The maximum Gasteiger partial charge on any atom is 0.270 e. The van der Waals surface area contributed by atoms with E-state index >= 15 is 0 Å². The Bertz CT molecular complexity index is 1230. The van der Waals surface area contributed by atoms with E-state index in [1.165, 1.54) is 23.9 Å². The molecule has 0 aliphatic carbocycles. The molecule has 0 fully saturated rings. The minimum absolute atomic E-state index is 0.108. The topological polar surface area (TPSA) is 116 Å². The number of aromatic nitrogens is 2. The van der Waals surface area contributed by atoms with Crippen LogP contribution < -0.4 is 10.3 Å². The molecule has 0 radical (unpaired) electrons. The molecule has 0 amide bonds. The van der Waals surface area contributed by atoms with Crippen molar-refractivity contribution in [2.45, 2.75) is 17.0 Å². The van der Waals surface area contributed by atoms with Crippen LogP contribution in [-0.4, -0.2) is 24.6 Å². The van der Waals surface area contributed by atoms with Crippen LogP contribution in [0.25, 0.3) is 11.3 Å². The van der Waals surface area contributed by atoms with Crippen molar-refractivity contribution >= 4 is 27.5 Å². The van der Waals surface area contributed by atoms with E-state index in [0.29, 0.717) is 10.7 Å². The number of thioether (sulfide) groups is 1. The minimum atomic E-state index is -3.86. The highest BCUT2D eigenvalue weighted by atomic mass is 32.2. The van der Waals surface area contributed by atoms with Gasteiger partial charge in [-0.1, -0.05) is 47.7 Å². The molecule has 1 heterocycles. The van der Waals surface area contributed by atoms with Gasteiger partial charge in [-0.05, 0) is 31.4 Å². The standard InChI is InChI=1S/C19H16N4O3S2/c1-12-7-9-13(10-8-12)28(25,26)23-16-6-4-3-5-14(16)17-15(11-20)18(24)22-19(21-17)27-2/h3-10,23H,1-2H3,(H,21,22,24). The van der Waals surface area contributed by atoms with E-state index in [4.69, 9.17) is 0 Å². The van der Waals surface area contributed by atoms with Gasteiger partial charge in [0.1, 0.15) is 11.6 Å². The van der Waals surface area contributed by atoms with E-state index in [9.17, 15) is 18.5 Å². The summed E-state index contributed by atoms with van der Waals surface area (Å²) in [5.74, 6) is 0. The Morgan fingerprint density at radius 3 is 2.46 bits per heavy atom. The first-order valence-electron chi connectivity index (χ1n) is 8.13. The molecule has 2 N–H and O–H groups in total. The number of nitrogens with zero attached hydrogens (tertiary/aromatic N) is 2. The van der Waals surface area contributed by atoms with Crippen LogP contribution in [0.3, 0.4) is 0 Å². The number of sulfonamides is 1. The van der Waals surface area contributed by atoms with Gasteiger partial charge < -0.3 is 4.98 Å². The molecule has 2 aromatic carbocycles. The van der Waals surface area contributed by atoms with Gasteiger partial charge in [0, 0.05) is 5.56 Å². The molecule has 0 atom stereocenters. The van der Waals surface area contributed by atoms with Gasteiger partial charge in [-0.25, -0.2) is 13.4 Å². The molecule has 1 aromatic heterocycles. The maximum absolute atomic E-state index is 12.8. The Morgan fingerprint density at radius 2 is 1.82 bits per heavy atom. The highest BCUT2D eigenvalue weighted by molar-refractivity contribution is 7.98. The molecule has 28 heavy (non-hydrogen) atoms. The summed E-state index contributed by atoms with van der Waals surface area (Å²) in [6.07, 6.45) is 1.74. The van der Waals surface area contributed by atoms with Crippen molar-refractivity contribution in [3.63, 3.8) is 0 Å². The Labute approximate surface area is 166 Å². The monoisotopic (exact) mass is 412 g/mol. The molecule has 0 spiro atoms. The molecule has 0 unspecified atom stereocenters. The molecule has 0 aliphatic heterocycles. The SMILES string of the molecule is CSc1nc(-c2ccccc2NS(=O)(=O)c2ccc(C)cc2)c(C#N)c(=O)[nH]1. The van der Waals surface area contributed by atoms with Gasteiger partial charge >= 0.3 is 0 Å². The highest BCUT2D eigenvalue weighted by Crippen LogP contribution is 2.30. The van der Waals surface area contributed by atoms with Crippen LogP contribution in [0.4, 0.5) is 5.69 Å². The van der Waals surface area contributed by atoms with Crippen molar-refractivity contribution in [1.82, 2.24) is 9.97 Å². The molecule has 0 saturated heterocycles. The summed E-state index contributed by atoms with van der Waals surface area (Å²) in [5.41, 5.74) is 0.877. The van der Waals surface area contributed by atoms with Crippen molar-refractivity contribution in [3.05, 3.63) is 70.0 Å². The first-order chi connectivity index (χ1) is 13.4. The van der Waals surface area contributed by atoms with Crippen molar-refractivity contribution < 1.29 is 8.42 Å². The van der Waals surface area contributed by atoms with Gasteiger partial charge in [-0.2, -0.15) is 5.26 Å². The third kappa shape index (κ3) is 3.93. The number of benzene rings is 2. The van der Waals surface area contributed by atoms with E-state index in [1.807, 2.05) is 13.0 Å². The Balaban J connectivity index is 2.13. The van der Waals surface area contributed by atoms with Crippen molar-refractivity contribution in [2.24, 2.45) is 0 Å². The average molecular weight is 412 g/mol. The van der Waals surface area contributed by atoms with Crippen molar-refractivity contribution in [1.29, 1.82) is 5.26 Å². The van der Waals surface area contributed by atoms with Crippen molar-refractivity contribution in [3.8, 4) is 17.3 Å². The second-order valence-corrected chi connectivity index (χ2v) is 8.35. The highest BCUT2D eigenvalue weighted by Gasteiger charge is 2.20. The third-order valence-corrected chi connectivity index (χ3v) is 5.92. The number of aryl methyl sites for hydroxylation is 1. The zero-order valence-electron chi connectivity index (χ0n) is 15.1. The predicted molar refractivity (Wildman–Crippen MR) is 109 cm³/mol. The Kier molecular flexibility index (Phi) is 5.53. The summed E-state index contributed by atoms with van der Waals surface area (Å²) in [4.78, 5) is 19.2. The van der Waals surface area contributed by atoms with Gasteiger partial charge in [0.2, 0.25) is 0 Å². The van der Waals surface area contributed by atoms with Gasteiger partial charge in [0.05, 0.1) is 16.3 Å². The lowest BCUT2D eigenvalue weighted by Gasteiger charge is -2.13. The second kappa shape index (κ2) is 7.88. The van der Waals surface area contributed by atoms with Gasteiger partial charge in [0.15, 0.2) is 5.16 Å². The van der Waals surface area contributed by atoms with Crippen LogP contribution in [0.5, 0.6) is 0 Å².